The Morgan fingerprint density at radius 3 is 2.73 bits per heavy atom. The maximum Gasteiger partial charge on any atom is 0.339 e. The molecule has 2 N–H and O–H groups in total. The number of anilines is 1. The van der Waals surface area contributed by atoms with Gasteiger partial charge < -0.3 is 10.5 Å². The summed E-state index contributed by atoms with van der Waals surface area (Å²) in [7, 11) is 0. The number of nitrogen functional groups attached to an aromatic ring is 1. The molecule has 78 valence electrons. The highest BCUT2D eigenvalue weighted by molar-refractivity contribution is 5.92. The lowest BCUT2D eigenvalue weighted by Crippen LogP contribution is -2.08. The molecule has 0 unspecified atom stereocenters. The molecule has 1 rings (SSSR count). The van der Waals surface area contributed by atoms with E-state index in [1.165, 1.54) is 0 Å². The van der Waals surface area contributed by atoms with Crippen LogP contribution in [0.25, 0.3) is 0 Å². The average Bonchev–Trinajstić information content (AvgIpc) is 2.20. The molecule has 1 aromatic rings. The molecule has 4 nitrogen and oxygen atoms in total. The molecule has 0 bridgehead atoms. The Kier molecular flexibility index (Phi) is 3.29. The summed E-state index contributed by atoms with van der Waals surface area (Å²) in [5.74, 6) is -0.513. The van der Waals surface area contributed by atoms with Crippen LogP contribution >= 0.6 is 0 Å². The van der Waals surface area contributed by atoms with Crippen LogP contribution in [-0.4, -0.2) is 12.6 Å². The summed E-state index contributed by atoms with van der Waals surface area (Å²) < 4.78 is 4.70. The fourth-order valence-electron chi connectivity index (χ4n) is 1.26. The number of nitrogens with two attached hydrogens (primary N) is 1. The van der Waals surface area contributed by atoms with E-state index in [-0.39, 0.29) is 6.61 Å². The van der Waals surface area contributed by atoms with Crippen LogP contribution in [0.1, 0.15) is 21.5 Å². The van der Waals surface area contributed by atoms with Gasteiger partial charge in [0.15, 0.2) is 6.61 Å². The van der Waals surface area contributed by atoms with Crippen LogP contribution in [0, 0.1) is 25.2 Å². The Morgan fingerprint density at radius 1 is 1.47 bits per heavy atom. The van der Waals surface area contributed by atoms with Gasteiger partial charge in [-0.05, 0) is 31.0 Å². The molecule has 0 aliphatic carbocycles. The minimum absolute atomic E-state index is 0.244. The maximum absolute atomic E-state index is 11.5. The van der Waals surface area contributed by atoms with E-state index in [1.54, 1.807) is 19.1 Å². The lowest BCUT2D eigenvalue weighted by molar-refractivity contribution is 0.0554. The van der Waals surface area contributed by atoms with Gasteiger partial charge in [-0.15, -0.1) is 0 Å². The Hall–Kier alpha value is -2.02. The van der Waals surface area contributed by atoms with E-state index in [4.69, 9.17) is 15.7 Å². The minimum atomic E-state index is -0.513. The first-order valence-corrected chi connectivity index (χ1v) is 4.47. The Balaban J connectivity index is 3.00. The van der Waals surface area contributed by atoms with E-state index in [0.717, 1.165) is 11.1 Å². The smallest absolute Gasteiger partial charge is 0.339 e. The molecule has 0 heterocycles. The van der Waals surface area contributed by atoms with Crippen molar-refractivity contribution in [1.82, 2.24) is 0 Å². The SMILES string of the molecule is Cc1cc(C)c(C(=O)OCC#N)cc1N. The van der Waals surface area contributed by atoms with Crippen molar-refractivity contribution in [3.63, 3.8) is 0 Å². The Labute approximate surface area is 88.3 Å². The lowest BCUT2D eigenvalue weighted by Gasteiger charge is -2.07. The van der Waals surface area contributed by atoms with Crippen molar-refractivity contribution in [3.05, 3.63) is 28.8 Å². The summed E-state index contributed by atoms with van der Waals surface area (Å²) in [6, 6.07) is 5.13. The van der Waals surface area contributed by atoms with Crippen LogP contribution in [0.2, 0.25) is 0 Å². The molecule has 0 aliphatic heterocycles. The van der Waals surface area contributed by atoms with Gasteiger partial charge in [0.1, 0.15) is 6.07 Å². The predicted octanol–water partition coefficient (Wildman–Crippen LogP) is 1.57. The summed E-state index contributed by atoms with van der Waals surface area (Å²) in [5.41, 5.74) is 8.36. The fourth-order valence-corrected chi connectivity index (χ4v) is 1.26. The number of hydrogen-bond acceptors (Lipinski definition) is 4. The monoisotopic (exact) mass is 204 g/mol. The number of rotatable bonds is 2. The minimum Gasteiger partial charge on any atom is -0.447 e. The number of carbonyl (C=O) groups excluding carboxylic acids is 1. The van der Waals surface area contributed by atoms with Crippen molar-refractivity contribution in [2.75, 3.05) is 12.3 Å². The van der Waals surface area contributed by atoms with Crippen LogP contribution < -0.4 is 5.73 Å². The fraction of sp³-hybridized carbons (Fsp3) is 0.273. The van der Waals surface area contributed by atoms with Crippen LogP contribution in [-0.2, 0) is 4.74 Å². The summed E-state index contributed by atoms with van der Waals surface area (Å²) >= 11 is 0. The van der Waals surface area contributed by atoms with Crippen LogP contribution in [0.5, 0.6) is 0 Å². The lowest BCUT2D eigenvalue weighted by atomic mass is 10.0. The second-order valence-corrected chi connectivity index (χ2v) is 3.26. The third kappa shape index (κ3) is 2.47. The number of ether oxygens (including phenoxy) is 1. The average molecular weight is 204 g/mol. The second kappa shape index (κ2) is 4.47. The van der Waals surface area contributed by atoms with E-state index >= 15 is 0 Å². The van der Waals surface area contributed by atoms with Crippen molar-refractivity contribution in [2.45, 2.75) is 13.8 Å². The summed E-state index contributed by atoms with van der Waals surface area (Å²) in [6.45, 7) is 3.42. The topological polar surface area (TPSA) is 76.1 Å². The van der Waals surface area contributed by atoms with E-state index in [2.05, 4.69) is 0 Å². The molecule has 1 aromatic carbocycles. The van der Waals surface area contributed by atoms with Gasteiger partial charge >= 0.3 is 5.97 Å². The Morgan fingerprint density at radius 2 is 2.13 bits per heavy atom. The van der Waals surface area contributed by atoms with Crippen molar-refractivity contribution in [1.29, 1.82) is 5.26 Å². The molecule has 0 saturated carbocycles. The molecule has 0 spiro atoms. The van der Waals surface area contributed by atoms with E-state index in [0.29, 0.717) is 11.3 Å². The van der Waals surface area contributed by atoms with Gasteiger partial charge in [-0.1, -0.05) is 6.07 Å². The number of benzene rings is 1. The number of carbonyl (C=O) groups is 1. The zero-order valence-corrected chi connectivity index (χ0v) is 8.70. The van der Waals surface area contributed by atoms with Gasteiger partial charge in [0.2, 0.25) is 0 Å². The van der Waals surface area contributed by atoms with E-state index in [1.807, 2.05) is 13.0 Å². The molecular formula is C11H12N2O2. The summed E-state index contributed by atoms with van der Waals surface area (Å²) in [6.07, 6.45) is 0. The van der Waals surface area contributed by atoms with Crippen molar-refractivity contribution < 1.29 is 9.53 Å². The van der Waals surface area contributed by atoms with Crippen LogP contribution in [0.4, 0.5) is 5.69 Å². The third-order valence-electron chi connectivity index (χ3n) is 2.10. The van der Waals surface area contributed by atoms with Crippen LogP contribution in [0.3, 0.4) is 0 Å². The zero-order valence-electron chi connectivity index (χ0n) is 8.70. The summed E-state index contributed by atoms with van der Waals surface area (Å²) in [5, 5.41) is 8.28. The molecule has 0 atom stereocenters. The first kappa shape index (κ1) is 11.1. The molecule has 0 saturated heterocycles. The van der Waals surface area contributed by atoms with Crippen LogP contribution in [0.15, 0.2) is 12.1 Å². The normalized spacial score (nSPS) is 9.40. The van der Waals surface area contributed by atoms with Crippen molar-refractivity contribution in [2.24, 2.45) is 0 Å². The number of esters is 1. The predicted molar refractivity (Wildman–Crippen MR) is 56.2 cm³/mol. The number of nitrogens with zero attached hydrogens (tertiary/aromatic N) is 1. The largest absolute Gasteiger partial charge is 0.447 e. The maximum atomic E-state index is 11.5. The molecule has 0 fully saturated rings. The number of aryl methyl sites for hydroxylation is 2. The van der Waals surface area contributed by atoms with Gasteiger partial charge in [0.25, 0.3) is 0 Å². The van der Waals surface area contributed by atoms with E-state index in [9.17, 15) is 4.79 Å². The molecule has 0 radical (unpaired) electrons. The first-order valence-electron chi connectivity index (χ1n) is 4.47. The second-order valence-electron chi connectivity index (χ2n) is 3.26. The van der Waals surface area contributed by atoms with Gasteiger partial charge in [0.05, 0.1) is 5.56 Å². The Bertz CT molecular complexity index is 433. The van der Waals surface area contributed by atoms with Crippen molar-refractivity contribution >= 4 is 11.7 Å². The van der Waals surface area contributed by atoms with Crippen molar-refractivity contribution in [3.8, 4) is 6.07 Å². The van der Waals surface area contributed by atoms with Gasteiger partial charge in [-0.25, -0.2) is 4.79 Å². The number of hydrogen-bond donors (Lipinski definition) is 1. The van der Waals surface area contributed by atoms with Gasteiger partial charge in [-0.2, -0.15) is 5.26 Å². The first-order chi connectivity index (χ1) is 7.06. The molecule has 0 amide bonds. The molecule has 0 aliphatic rings. The molecule has 4 heteroatoms. The quantitative estimate of drug-likeness (QED) is 0.586. The highest BCUT2D eigenvalue weighted by Gasteiger charge is 2.11. The number of nitriles is 1. The molecular weight excluding hydrogens is 192 g/mol. The van der Waals surface area contributed by atoms with Gasteiger partial charge in [0, 0.05) is 5.69 Å². The zero-order chi connectivity index (χ0) is 11.4. The molecule has 0 aromatic heterocycles. The van der Waals surface area contributed by atoms with Gasteiger partial charge in [-0.3, -0.25) is 0 Å². The summed E-state index contributed by atoms with van der Waals surface area (Å²) in [4.78, 5) is 11.5. The standard InChI is InChI=1S/C11H12N2O2/c1-7-5-8(2)10(13)6-9(7)11(14)15-4-3-12/h5-6H,4,13H2,1-2H3. The van der Waals surface area contributed by atoms with E-state index < -0.39 is 5.97 Å². The third-order valence-corrected chi connectivity index (χ3v) is 2.10. The highest BCUT2D eigenvalue weighted by atomic mass is 16.5. The highest BCUT2D eigenvalue weighted by Crippen LogP contribution is 2.18. The molecule has 15 heavy (non-hydrogen) atoms.